The van der Waals surface area contributed by atoms with Crippen LogP contribution in [0.1, 0.15) is 28.8 Å². The highest BCUT2D eigenvalue weighted by molar-refractivity contribution is 9.09. The number of halogens is 2. The largest absolute Gasteiger partial charge is 0.335 e. The second kappa shape index (κ2) is 5.40. The van der Waals surface area contributed by atoms with Crippen LogP contribution in [0.3, 0.4) is 0 Å². The Morgan fingerprint density at radius 1 is 1.53 bits per heavy atom. The molecule has 0 N–H and O–H groups in total. The van der Waals surface area contributed by atoms with E-state index in [0.29, 0.717) is 16.6 Å². The number of alkyl halides is 1. The molecular formula is C13H15BrClNO. The van der Waals surface area contributed by atoms with Crippen LogP contribution in [0, 0.1) is 6.92 Å². The van der Waals surface area contributed by atoms with Crippen LogP contribution < -0.4 is 0 Å². The Morgan fingerprint density at radius 2 is 2.24 bits per heavy atom. The van der Waals surface area contributed by atoms with Crippen LogP contribution in [0.4, 0.5) is 0 Å². The number of aryl methyl sites for hydroxylation is 1. The van der Waals surface area contributed by atoms with Gasteiger partial charge in [0.05, 0.1) is 10.6 Å². The molecule has 1 aromatic carbocycles. The highest BCUT2D eigenvalue weighted by Crippen LogP contribution is 2.29. The van der Waals surface area contributed by atoms with Crippen molar-refractivity contribution in [2.75, 3.05) is 11.9 Å². The van der Waals surface area contributed by atoms with Crippen molar-refractivity contribution in [1.82, 2.24) is 4.90 Å². The van der Waals surface area contributed by atoms with Gasteiger partial charge in [-0.2, -0.15) is 0 Å². The maximum atomic E-state index is 12.4. The maximum absolute atomic E-state index is 12.4. The highest BCUT2D eigenvalue weighted by Gasteiger charge is 2.33. The summed E-state index contributed by atoms with van der Waals surface area (Å²) in [7, 11) is 0. The Bertz CT molecular complexity index is 431. The molecule has 1 aliphatic rings. The van der Waals surface area contributed by atoms with E-state index in [4.69, 9.17) is 11.6 Å². The van der Waals surface area contributed by atoms with E-state index < -0.39 is 0 Å². The van der Waals surface area contributed by atoms with E-state index in [2.05, 4.69) is 15.9 Å². The first kappa shape index (κ1) is 12.9. The monoisotopic (exact) mass is 315 g/mol. The smallest absolute Gasteiger partial charge is 0.255 e. The van der Waals surface area contributed by atoms with E-state index in [1.165, 1.54) is 0 Å². The van der Waals surface area contributed by atoms with Gasteiger partial charge in [0.1, 0.15) is 0 Å². The zero-order valence-corrected chi connectivity index (χ0v) is 12.1. The number of amides is 1. The second-order valence-corrected chi connectivity index (χ2v) is 5.60. The molecule has 92 valence electrons. The van der Waals surface area contributed by atoms with Crippen LogP contribution in [0.15, 0.2) is 18.2 Å². The Balaban J connectivity index is 2.22. The molecule has 1 amide bonds. The molecule has 0 unspecified atom stereocenters. The van der Waals surface area contributed by atoms with E-state index >= 15 is 0 Å². The molecule has 2 rings (SSSR count). The topological polar surface area (TPSA) is 20.3 Å². The van der Waals surface area contributed by atoms with Crippen molar-refractivity contribution in [3.8, 4) is 0 Å². The Labute approximate surface area is 115 Å². The molecule has 2 nitrogen and oxygen atoms in total. The summed E-state index contributed by atoms with van der Waals surface area (Å²) in [6, 6.07) is 6.01. The number of nitrogens with zero attached hydrogens (tertiary/aromatic N) is 1. The van der Waals surface area contributed by atoms with Crippen molar-refractivity contribution in [2.45, 2.75) is 25.8 Å². The molecule has 0 spiro atoms. The summed E-state index contributed by atoms with van der Waals surface area (Å²) in [5.74, 6) is 0.0527. The molecule has 0 aliphatic heterocycles. The van der Waals surface area contributed by atoms with Crippen molar-refractivity contribution in [3.63, 3.8) is 0 Å². The summed E-state index contributed by atoms with van der Waals surface area (Å²) in [6.45, 7) is 2.71. The number of hydrogen-bond acceptors (Lipinski definition) is 1. The summed E-state index contributed by atoms with van der Waals surface area (Å²) >= 11 is 9.52. The Kier molecular flexibility index (Phi) is 4.10. The van der Waals surface area contributed by atoms with E-state index in [9.17, 15) is 4.79 Å². The van der Waals surface area contributed by atoms with Crippen LogP contribution >= 0.6 is 27.5 Å². The van der Waals surface area contributed by atoms with Gasteiger partial charge in [-0.1, -0.05) is 33.6 Å². The number of benzene rings is 1. The third-order valence-corrected chi connectivity index (χ3v) is 3.60. The van der Waals surface area contributed by atoms with Gasteiger partial charge in [-0.15, -0.1) is 0 Å². The molecule has 0 radical (unpaired) electrons. The average Bonchev–Trinajstić information content (AvgIpc) is 3.09. The number of rotatable bonds is 4. The van der Waals surface area contributed by atoms with Gasteiger partial charge in [0, 0.05) is 17.9 Å². The van der Waals surface area contributed by atoms with Crippen LogP contribution in [0.25, 0.3) is 0 Å². The first-order valence-corrected chi connectivity index (χ1v) is 7.26. The maximum Gasteiger partial charge on any atom is 0.255 e. The SMILES string of the molecule is Cc1ccc(C(=O)N(CCBr)C2CC2)c(Cl)c1. The van der Waals surface area contributed by atoms with Crippen LogP contribution in [-0.2, 0) is 0 Å². The Hall–Kier alpha value is -0.540. The average molecular weight is 317 g/mol. The van der Waals surface area contributed by atoms with Crippen molar-refractivity contribution < 1.29 is 4.79 Å². The minimum Gasteiger partial charge on any atom is -0.335 e. The van der Waals surface area contributed by atoms with Crippen LogP contribution in [-0.4, -0.2) is 28.7 Å². The van der Waals surface area contributed by atoms with Gasteiger partial charge in [-0.05, 0) is 37.5 Å². The van der Waals surface area contributed by atoms with Gasteiger partial charge in [-0.25, -0.2) is 0 Å². The number of carbonyl (C=O) groups is 1. The molecule has 4 heteroatoms. The van der Waals surface area contributed by atoms with E-state index in [-0.39, 0.29) is 5.91 Å². The van der Waals surface area contributed by atoms with E-state index in [0.717, 1.165) is 30.3 Å². The first-order chi connectivity index (χ1) is 8.13. The Morgan fingerprint density at radius 3 is 2.76 bits per heavy atom. The molecule has 17 heavy (non-hydrogen) atoms. The number of carbonyl (C=O) groups excluding carboxylic acids is 1. The fourth-order valence-electron chi connectivity index (χ4n) is 1.88. The highest BCUT2D eigenvalue weighted by atomic mass is 79.9. The fourth-order valence-corrected chi connectivity index (χ4v) is 2.57. The molecule has 1 saturated carbocycles. The lowest BCUT2D eigenvalue weighted by Crippen LogP contribution is -2.34. The molecule has 1 fully saturated rings. The number of hydrogen-bond donors (Lipinski definition) is 0. The fraction of sp³-hybridized carbons (Fsp3) is 0.462. The summed E-state index contributed by atoms with van der Waals surface area (Å²) < 4.78 is 0. The van der Waals surface area contributed by atoms with Crippen LogP contribution in [0.2, 0.25) is 5.02 Å². The van der Waals surface area contributed by atoms with Gasteiger partial charge >= 0.3 is 0 Å². The zero-order valence-electron chi connectivity index (χ0n) is 9.75. The van der Waals surface area contributed by atoms with Gasteiger partial charge in [0.25, 0.3) is 5.91 Å². The molecule has 0 atom stereocenters. The van der Waals surface area contributed by atoms with Crippen molar-refractivity contribution >= 4 is 33.4 Å². The van der Waals surface area contributed by atoms with Gasteiger partial charge in [-0.3, -0.25) is 4.79 Å². The molecule has 1 aromatic rings. The lowest BCUT2D eigenvalue weighted by Gasteiger charge is -2.22. The minimum absolute atomic E-state index is 0.0527. The van der Waals surface area contributed by atoms with Gasteiger partial charge in [0.15, 0.2) is 0 Å². The third kappa shape index (κ3) is 3.02. The summed E-state index contributed by atoms with van der Waals surface area (Å²) in [4.78, 5) is 14.3. The molecule has 1 aliphatic carbocycles. The van der Waals surface area contributed by atoms with Gasteiger partial charge < -0.3 is 4.90 Å². The van der Waals surface area contributed by atoms with Crippen molar-refractivity contribution in [1.29, 1.82) is 0 Å². The second-order valence-electron chi connectivity index (χ2n) is 4.40. The molecule has 0 heterocycles. The van der Waals surface area contributed by atoms with Crippen molar-refractivity contribution in [2.24, 2.45) is 0 Å². The lowest BCUT2D eigenvalue weighted by molar-refractivity contribution is 0.0755. The quantitative estimate of drug-likeness (QED) is 0.777. The molecular weight excluding hydrogens is 302 g/mol. The standard InChI is InChI=1S/C13H15BrClNO/c1-9-2-5-11(12(15)8-9)13(17)16(7-6-14)10-3-4-10/h2,5,8,10H,3-4,6-7H2,1H3. The molecule has 0 bridgehead atoms. The summed E-state index contributed by atoms with van der Waals surface area (Å²) in [5, 5.41) is 1.36. The van der Waals surface area contributed by atoms with E-state index in [1.807, 2.05) is 30.0 Å². The zero-order chi connectivity index (χ0) is 12.4. The predicted molar refractivity (Wildman–Crippen MR) is 74.0 cm³/mol. The van der Waals surface area contributed by atoms with Crippen molar-refractivity contribution in [3.05, 3.63) is 34.3 Å². The van der Waals surface area contributed by atoms with E-state index in [1.54, 1.807) is 0 Å². The summed E-state index contributed by atoms with van der Waals surface area (Å²) in [6.07, 6.45) is 2.23. The normalized spacial score (nSPS) is 14.8. The summed E-state index contributed by atoms with van der Waals surface area (Å²) in [5.41, 5.74) is 1.69. The minimum atomic E-state index is 0.0527. The molecule has 0 saturated heterocycles. The van der Waals surface area contributed by atoms with Crippen LogP contribution in [0.5, 0.6) is 0 Å². The predicted octanol–water partition coefficient (Wildman–Crippen LogP) is 3.65. The third-order valence-electron chi connectivity index (χ3n) is 2.93. The lowest BCUT2D eigenvalue weighted by atomic mass is 10.1. The van der Waals surface area contributed by atoms with Gasteiger partial charge in [0.2, 0.25) is 0 Å². The first-order valence-electron chi connectivity index (χ1n) is 5.76. The molecule has 0 aromatic heterocycles.